The smallest absolute Gasteiger partial charge is 0.231 e. The molecule has 0 aromatic carbocycles. The van der Waals surface area contributed by atoms with Crippen molar-refractivity contribution < 1.29 is 5.21 Å². The highest BCUT2D eigenvalue weighted by atomic mass is 16.5. The molecule has 4 N–H and O–H groups in total. The third-order valence-electron chi connectivity index (χ3n) is 5.51. The molecule has 2 aliphatic rings. The van der Waals surface area contributed by atoms with Crippen molar-refractivity contribution in [3.63, 3.8) is 0 Å². The van der Waals surface area contributed by atoms with Gasteiger partial charge in [0.05, 0.1) is 0 Å². The van der Waals surface area contributed by atoms with Crippen molar-refractivity contribution >= 4 is 17.8 Å². The molecule has 0 spiro atoms. The molecule has 0 radical (unpaired) electrons. The minimum atomic E-state index is 0.129. The molecule has 0 amide bonds. The van der Waals surface area contributed by atoms with Crippen LogP contribution in [-0.2, 0) is 0 Å². The molecule has 1 saturated carbocycles. The van der Waals surface area contributed by atoms with Crippen LogP contribution >= 0.6 is 0 Å². The molecule has 2 atom stereocenters. The second kappa shape index (κ2) is 8.14. The van der Waals surface area contributed by atoms with Gasteiger partial charge in [-0.1, -0.05) is 25.7 Å². The second-order valence-corrected chi connectivity index (χ2v) is 7.45. The molecule has 1 saturated heterocycles. The number of nitrogen functional groups attached to an aromatic ring is 1. The highest BCUT2D eigenvalue weighted by Gasteiger charge is 2.28. The number of hydrogen-bond donors (Lipinski definition) is 3. The normalized spacial score (nSPS) is 26.2. The maximum atomic E-state index is 9.78. The summed E-state index contributed by atoms with van der Waals surface area (Å²) in [6, 6.07) is 0.829. The van der Waals surface area contributed by atoms with E-state index in [9.17, 15) is 5.21 Å². The predicted molar refractivity (Wildman–Crippen MR) is 98.7 cm³/mol. The molecular weight excluding hydrogens is 318 g/mol. The molecule has 8 heteroatoms. The topological polar surface area (TPSA) is 103 Å². The van der Waals surface area contributed by atoms with Crippen LogP contribution in [0, 0.1) is 0 Å². The summed E-state index contributed by atoms with van der Waals surface area (Å²) in [6.07, 6.45) is 9.18. The summed E-state index contributed by atoms with van der Waals surface area (Å²) in [6.45, 7) is 2.69. The molecule has 1 aliphatic heterocycles. The number of hydrogen-bond acceptors (Lipinski definition) is 8. The molecule has 140 valence electrons. The van der Waals surface area contributed by atoms with Crippen molar-refractivity contribution in [2.24, 2.45) is 0 Å². The zero-order valence-corrected chi connectivity index (χ0v) is 15.4. The first-order chi connectivity index (χ1) is 12.0. The first-order valence-corrected chi connectivity index (χ1v) is 9.49. The Morgan fingerprint density at radius 3 is 2.52 bits per heavy atom. The molecule has 0 bridgehead atoms. The molecule has 2 fully saturated rings. The maximum Gasteiger partial charge on any atom is 0.231 e. The summed E-state index contributed by atoms with van der Waals surface area (Å²) in [7, 11) is 1.99. The number of nitrogens with two attached hydrogens (primary N) is 1. The van der Waals surface area contributed by atoms with Gasteiger partial charge in [-0.15, -0.1) is 0 Å². The molecule has 1 aliphatic carbocycles. The van der Waals surface area contributed by atoms with Crippen LogP contribution in [0.3, 0.4) is 0 Å². The van der Waals surface area contributed by atoms with Crippen LogP contribution in [0.25, 0.3) is 0 Å². The first-order valence-electron chi connectivity index (χ1n) is 9.49. The number of nitrogens with one attached hydrogen (secondary N) is 1. The molecule has 8 nitrogen and oxygen atoms in total. The van der Waals surface area contributed by atoms with Crippen molar-refractivity contribution in [1.82, 2.24) is 20.0 Å². The molecule has 25 heavy (non-hydrogen) atoms. The van der Waals surface area contributed by atoms with Gasteiger partial charge in [0.15, 0.2) is 0 Å². The van der Waals surface area contributed by atoms with Crippen LogP contribution in [-0.4, -0.2) is 56.9 Å². The molecular formula is C17H31N7O. The minimum Gasteiger partial charge on any atom is -0.368 e. The van der Waals surface area contributed by atoms with E-state index >= 15 is 0 Å². The minimum absolute atomic E-state index is 0.129. The van der Waals surface area contributed by atoms with Crippen LogP contribution < -0.4 is 16.0 Å². The summed E-state index contributed by atoms with van der Waals surface area (Å²) in [5.41, 5.74) is 5.93. The lowest BCUT2D eigenvalue weighted by Crippen LogP contribution is -2.47. The van der Waals surface area contributed by atoms with Gasteiger partial charge in [-0.05, 0) is 32.6 Å². The Labute approximate surface area is 149 Å². The molecule has 1 aromatic heterocycles. The summed E-state index contributed by atoms with van der Waals surface area (Å²) in [5, 5.41) is 14.7. The Hall–Kier alpha value is -1.67. The van der Waals surface area contributed by atoms with Gasteiger partial charge in [-0.25, -0.2) is 0 Å². The van der Waals surface area contributed by atoms with E-state index in [0.717, 1.165) is 25.7 Å². The van der Waals surface area contributed by atoms with Gasteiger partial charge in [-0.2, -0.15) is 20.0 Å². The van der Waals surface area contributed by atoms with Gasteiger partial charge in [0.25, 0.3) is 0 Å². The van der Waals surface area contributed by atoms with E-state index in [1.54, 1.807) is 0 Å². The number of aromatic nitrogens is 3. The monoisotopic (exact) mass is 349 g/mol. The SMILES string of the molecule is CC1CC(N(C)c2nc(N)nc(NC3CCCCCC3)n2)CCN1O. The van der Waals surface area contributed by atoms with Crippen molar-refractivity contribution in [2.75, 3.05) is 29.5 Å². The fourth-order valence-electron chi connectivity index (χ4n) is 3.86. The van der Waals surface area contributed by atoms with E-state index in [1.165, 1.54) is 30.7 Å². The van der Waals surface area contributed by atoms with E-state index in [2.05, 4.69) is 25.2 Å². The average molecular weight is 349 g/mol. The Morgan fingerprint density at radius 1 is 1.12 bits per heavy atom. The largest absolute Gasteiger partial charge is 0.368 e. The van der Waals surface area contributed by atoms with E-state index < -0.39 is 0 Å². The Bertz CT molecular complexity index is 562. The maximum absolute atomic E-state index is 9.78. The number of hydroxylamine groups is 2. The zero-order chi connectivity index (χ0) is 17.8. The van der Waals surface area contributed by atoms with E-state index in [4.69, 9.17) is 5.73 Å². The van der Waals surface area contributed by atoms with Crippen LogP contribution in [0.5, 0.6) is 0 Å². The third-order valence-corrected chi connectivity index (χ3v) is 5.51. The van der Waals surface area contributed by atoms with Crippen LogP contribution in [0.2, 0.25) is 0 Å². The van der Waals surface area contributed by atoms with Gasteiger partial charge in [-0.3, -0.25) is 0 Å². The van der Waals surface area contributed by atoms with Crippen molar-refractivity contribution in [3.8, 4) is 0 Å². The standard InChI is InChI=1S/C17H31N7O/c1-12-11-14(9-10-24(12)25)23(2)17-21-15(18)20-16(22-17)19-13-7-5-3-4-6-8-13/h12-14,25H,3-11H2,1-2H3,(H3,18,19,20,21,22). The van der Waals surface area contributed by atoms with Gasteiger partial charge in [0, 0.05) is 31.7 Å². The van der Waals surface area contributed by atoms with E-state index in [1.807, 2.05) is 14.0 Å². The first kappa shape index (κ1) is 18.1. The van der Waals surface area contributed by atoms with E-state index in [-0.39, 0.29) is 18.0 Å². The van der Waals surface area contributed by atoms with Crippen molar-refractivity contribution in [3.05, 3.63) is 0 Å². The lowest BCUT2D eigenvalue weighted by Gasteiger charge is -2.38. The molecule has 2 unspecified atom stereocenters. The highest BCUT2D eigenvalue weighted by Crippen LogP contribution is 2.24. The summed E-state index contributed by atoms with van der Waals surface area (Å²) in [5.74, 6) is 1.43. The molecule has 1 aromatic rings. The fraction of sp³-hybridized carbons (Fsp3) is 0.824. The number of piperidine rings is 1. The fourth-order valence-corrected chi connectivity index (χ4v) is 3.86. The summed E-state index contributed by atoms with van der Waals surface area (Å²) < 4.78 is 0. The molecule has 2 heterocycles. The van der Waals surface area contributed by atoms with Gasteiger partial charge in [0.2, 0.25) is 17.8 Å². The van der Waals surface area contributed by atoms with Gasteiger partial charge in [0.1, 0.15) is 0 Å². The van der Waals surface area contributed by atoms with E-state index in [0.29, 0.717) is 24.5 Å². The van der Waals surface area contributed by atoms with Crippen LogP contribution in [0.1, 0.15) is 58.3 Å². The van der Waals surface area contributed by atoms with Gasteiger partial charge < -0.3 is 21.2 Å². The summed E-state index contributed by atoms with van der Waals surface area (Å²) >= 11 is 0. The average Bonchev–Trinajstić information content (AvgIpc) is 2.85. The quantitative estimate of drug-likeness (QED) is 0.711. The van der Waals surface area contributed by atoms with Crippen molar-refractivity contribution in [1.29, 1.82) is 0 Å². The second-order valence-electron chi connectivity index (χ2n) is 7.45. The summed E-state index contributed by atoms with van der Waals surface area (Å²) in [4.78, 5) is 15.3. The Balaban J connectivity index is 1.70. The molecule has 3 rings (SSSR count). The van der Waals surface area contributed by atoms with Crippen LogP contribution in [0.15, 0.2) is 0 Å². The zero-order valence-electron chi connectivity index (χ0n) is 15.4. The number of nitrogens with zero attached hydrogens (tertiary/aromatic N) is 5. The highest BCUT2D eigenvalue weighted by molar-refractivity contribution is 5.42. The Kier molecular flexibility index (Phi) is 5.90. The lowest BCUT2D eigenvalue weighted by molar-refractivity contribution is -0.139. The predicted octanol–water partition coefficient (Wildman–Crippen LogP) is 2.27. The van der Waals surface area contributed by atoms with Crippen LogP contribution in [0.4, 0.5) is 17.8 Å². The van der Waals surface area contributed by atoms with Gasteiger partial charge >= 0.3 is 0 Å². The van der Waals surface area contributed by atoms with Crippen molar-refractivity contribution in [2.45, 2.75) is 76.4 Å². The third kappa shape index (κ3) is 4.70. The number of anilines is 3. The lowest BCUT2D eigenvalue weighted by atomic mass is 9.99. The Morgan fingerprint density at radius 2 is 1.84 bits per heavy atom. The number of rotatable bonds is 4.